The Kier molecular flexibility index (Phi) is 4.57. The minimum atomic E-state index is -0.263. The van der Waals surface area contributed by atoms with E-state index in [4.69, 9.17) is 0 Å². The number of rotatable bonds is 6. The molecule has 94 valence electrons. The third kappa shape index (κ3) is 3.55. The van der Waals surface area contributed by atoms with Gasteiger partial charge in [0.25, 0.3) is 0 Å². The van der Waals surface area contributed by atoms with Crippen LogP contribution in [0.1, 0.15) is 36.5 Å². The van der Waals surface area contributed by atoms with E-state index in [0.29, 0.717) is 6.54 Å². The summed E-state index contributed by atoms with van der Waals surface area (Å²) in [6.45, 7) is 3.83. The van der Waals surface area contributed by atoms with Gasteiger partial charge >= 0.3 is 0 Å². The van der Waals surface area contributed by atoms with Crippen molar-refractivity contribution in [3.05, 3.63) is 34.9 Å². The van der Waals surface area contributed by atoms with Gasteiger partial charge in [-0.05, 0) is 55.3 Å². The fourth-order valence-electron chi connectivity index (χ4n) is 2.54. The van der Waals surface area contributed by atoms with Crippen LogP contribution in [0.4, 0.5) is 0 Å². The Morgan fingerprint density at radius 2 is 2.12 bits per heavy atom. The molecule has 0 aromatic heterocycles. The maximum Gasteiger partial charge on any atom is 0.0704 e. The van der Waals surface area contributed by atoms with Gasteiger partial charge < -0.3 is 10.4 Å². The third-order valence-electron chi connectivity index (χ3n) is 3.44. The van der Waals surface area contributed by atoms with Crippen molar-refractivity contribution in [2.45, 2.75) is 45.1 Å². The van der Waals surface area contributed by atoms with E-state index in [1.54, 1.807) is 0 Å². The molecule has 1 aliphatic rings. The monoisotopic (exact) mass is 233 g/mol. The van der Waals surface area contributed by atoms with E-state index in [0.717, 1.165) is 19.4 Å². The van der Waals surface area contributed by atoms with E-state index >= 15 is 0 Å². The molecular formula is C15H23NO. The quantitative estimate of drug-likeness (QED) is 0.737. The molecule has 1 aromatic rings. The standard InChI is InChI=1S/C15H23NO/c1-2-8-16-11-15(17)10-12-6-7-13-4-3-5-14(13)9-12/h6-7,9,15-17H,2-5,8,10-11H2,1H3. The highest BCUT2D eigenvalue weighted by molar-refractivity contribution is 5.35. The number of fused-ring (bicyclic) bond motifs is 1. The number of aliphatic hydroxyl groups excluding tert-OH is 1. The van der Waals surface area contributed by atoms with Gasteiger partial charge in [0.2, 0.25) is 0 Å². The summed E-state index contributed by atoms with van der Waals surface area (Å²) < 4.78 is 0. The molecule has 2 nitrogen and oxygen atoms in total. The van der Waals surface area contributed by atoms with E-state index in [1.807, 2.05) is 0 Å². The lowest BCUT2D eigenvalue weighted by Crippen LogP contribution is -2.28. The van der Waals surface area contributed by atoms with Gasteiger partial charge in [-0.2, -0.15) is 0 Å². The van der Waals surface area contributed by atoms with Crippen LogP contribution in [-0.2, 0) is 19.3 Å². The van der Waals surface area contributed by atoms with Crippen molar-refractivity contribution in [1.82, 2.24) is 5.32 Å². The molecule has 0 fully saturated rings. The maximum atomic E-state index is 9.92. The van der Waals surface area contributed by atoms with Crippen molar-refractivity contribution < 1.29 is 5.11 Å². The van der Waals surface area contributed by atoms with Gasteiger partial charge in [-0.1, -0.05) is 25.1 Å². The van der Waals surface area contributed by atoms with Crippen LogP contribution in [0.3, 0.4) is 0 Å². The zero-order valence-electron chi connectivity index (χ0n) is 10.7. The van der Waals surface area contributed by atoms with Crippen LogP contribution in [0, 0.1) is 0 Å². The molecule has 1 aliphatic carbocycles. The third-order valence-corrected chi connectivity index (χ3v) is 3.44. The van der Waals surface area contributed by atoms with Crippen LogP contribution in [0.2, 0.25) is 0 Å². The molecule has 0 radical (unpaired) electrons. The molecule has 2 N–H and O–H groups in total. The Balaban J connectivity index is 1.86. The lowest BCUT2D eigenvalue weighted by atomic mass is 10.0. The summed E-state index contributed by atoms with van der Waals surface area (Å²) in [7, 11) is 0. The number of hydrogen-bond donors (Lipinski definition) is 2. The fraction of sp³-hybridized carbons (Fsp3) is 0.600. The summed E-state index contributed by atoms with van der Waals surface area (Å²) in [6.07, 6.45) is 5.36. The number of aliphatic hydroxyl groups is 1. The zero-order valence-corrected chi connectivity index (χ0v) is 10.7. The van der Waals surface area contributed by atoms with Crippen LogP contribution < -0.4 is 5.32 Å². The van der Waals surface area contributed by atoms with Gasteiger partial charge in [-0.25, -0.2) is 0 Å². The van der Waals surface area contributed by atoms with Crippen LogP contribution >= 0.6 is 0 Å². The molecule has 0 saturated carbocycles. The van der Waals surface area contributed by atoms with Crippen molar-refractivity contribution in [3.8, 4) is 0 Å². The van der Waals surface area contributed by atoms with Gasteiger partial charge in [-0.3, -0.25) is 0 Å². The van der Waals surface area contributed by atoms with Crippen molar-refractivity contribution in [2.24, 2.45) is 0 Å². The lowest BCUT2D eigenvalue weighted by Gasteiger charge is -2.12. The van der Waals surface area contributed by atoms with Gasteiger partial charge in [0.1, 0.15) is 0 Å². The molecule has 1 atom stereocenters. The molecule has 17 heavy (non-hydrogen) atoms. The number of aryl methyl sites for hydroxylation is 2. The fourth-order valence-corrected chi connectivity index (χ4v) is 2.54. The summed E-state index contributed by atoms with van der Waals surface area (Å²) in [5, 5.41) is 13.2. The number of benzene rings is 1. The molecule has 0 saturated heterocycles. The summed E-state index contributed by atoms with van der Waals surface area (Å²) in [4.78, 5) is 0. The second kappa shape index (κ2) is 6.18. The van der Waals surface area contributed by atoms with Crippen LogP contribution in [0.5, 0.6) is 0 Å². The first-order valence-corrected chi connectivity index (χ1v) is 6.79. The largest absolute Gasteiger partial charge is 0.391 e. The van der Waals surface area contributed by atoms with E-state index in [-0.39, 0.29) is 6.10 Å². The molecule has 0 bridgehead atoms. The zero-order chi connectivity index (χ0) is 12.1. The van der Waals surface area contributed by atoms with Gasteiger partial charge in [-0.15, -0.1) is 0 Å². The highest BCUT2D eigenvalue weighted by Crippen LogP contribution is 2.23. The molecule has 0 aliphatic heterocycles. The van der Waals surface area contributed by atoms with Crippen LogP contribution in [0.25, 0.3) is 0 Å². The smallest absolute Gasteiger partial charge is 0.0704 e. The van der Waals surface area contributed by atoms with Gasteiger partial charge in [0.05, 0.1) is 6.10 Å². The summed E-state index contributed by atoms with van der Waals surface area (Å²) >= 11 is 0. The normalized spacial score (nSPS) is 15.9. The van der Waals surface area contributed by atoms with Gasteiger partial charge in [0.15, 0.2) is 0 Å². The number of nitrogens with one attached hydrogen (secondary N) is 1. The Bertz CT molecular complexity index is 362. The summed E-state index contributed by atoms with van der Waals surface area (Å²) in [5.41, 5.74) is 4.28. The molecule has 2 heteroatoms. The van der Waals surface area contributed by atoms with Crippen LogP contribution in [0.15, 0.2) is 18.2 Å². The maximum absolute atomic E-state index is 9.92. The van der Waals surface area contributed by atoms with E-state index < -0.39 is 0 Å². The Hall–Kier alpha value is -0.860. The highest BCUT2D eigenvalue weighted by atomic mass is 16.3. The molecular weight excluding hydrogens is 210 g/mol. The Labute approximate surface area is 104 Å². The first kappa shape index (κ1) is 12.6. The van der Waals surface area contributed by atoms with Crippen molar-refractivity contribution in [2.75, 3.05) is 13.1 Å². The van der Waals surface area contributed by atoms with Crippen molar-refractivity contribution >= 4 is 0 Å². The lowest BCUT2D eigenvalue weighted by molar-refractivity contribution is 0.172. The van der Waals surface area contributed by atoms with E-state index in [9.17, 15) is 5.11 Å². The van der Waals surface area contributed by atoms with Crippen LogP contribution in [-0.4, -0.2) is 24.3 Å². The summed E-state index contributed by atoms with van der Waals surface area (Å²) in [5.74, 6) is 0. The first-order valence-electron chi connectivity index (χ1n) is 6.79. The van der Waals surface area contributed by atoms with E-state index in [2.05, 4.69) is 30.4 Å². The van der Waals surface area contributed by atoms with E-state index in [1.165, 1.54) is 36.0 Å². The number of hydrogen-bond acceptors (Lipinski definition) is 2. The summed E-state index contributed by atoms with van der Waals surface area (Å²) in [6, 6.07) is 6.70. The predicted octanol–water partition coefficient (Wildman–Crippen LogP) is 2.08. The van der Waals surface area contributed by atoms with Crippen molar-refractivity contribution in [3.63, 3.8) is 0 Å². The molecule has 0 amide bonds. The molecule has 0 spiro atoms. The molecule has 1 aromatic carbocycles. The Morgan fingerprint density at radius 1 is 1.29 bits per heavy atom. The molecule has 0 heterocycles. The predicted molar refractivity (Wildman–Crippen MR) is 71.3 cm³/mol. The van der Waals surface area contributed by atoms with Gasteiger partial charge in [0, 0.05) is 6.54 Å². The van der Waals surface area contributed by atoms with Crippen molar-refractivity contribution in [1.29, 1.82) is 0 Å². The SMILES string of the molecule is CCCNCC(O)Cc1ccc2c(c1)CCC2. The average molecular weight is 233 g/mol. The second-order valence-corrected chi connectivity index (χ2v) is 5.02. The minimum absolute atomic E-state index is 0.263. The topological polar surface area (TPSA) is 32.3 Å². The highest BCUT2D eigenvalue weighted by Gasteiger charge is 2.12. The first-order chi connectivity index (χ1) is 8.29. The molecule has 1 unspecified atom stereocenters. The molecule has 2 rings (SSSR count). The second-order valence-electron chi connectivity index (χ2n) is 5.02. The average Bonchev–Trinajstić information content (AvgIpc) is 2.76. The Morgan fingerprint density at radius 3 is 2.94 bits per heavy atom. The minimum Gasteiger partial charge on any atom is -0.391 e.